The van der Waals surface area contributed by atoms with Gasteiger partial charge in [0.25, 0.3) is 0 Å². The first-order valence-corrected chi connectivity index (χ1v) is 2.97. The fraction of sp³-hybridized carbons (Fsp3) is 0. The summed E-state index contributed by atoms with van der Waals surface area (Å²) in [6.07, 6.45) is 1.12. The molecule has 0 aliphatic rings. The van der Waals surface area contributed by atoms with Crippen LogP contribution in [0.3, 0.4) is 0 Å². The van der Waals surface area contributed by atoms with Gasteiger partial charge in [-0.05, 0) is 0 Å². The molecule has 0 aliphatic carbocycles. The zero-order valence-electron chi connectivity index (χ0n) is 4.77. The second-order valence-electron chi connectivity index (χ2n) is 1.01. The van der Waals surface area contributed by atoms with E-state index in [0.29, 0.717) is 36.9 Å². The molecule has 6 heteroatoms. The topological polar surface area (TPSA) is 91.7 Å². The third kappa shape index (κ3) is 15.7. The van der Waals surface area contributed by atoms with Crippen LogP contribution in [0.1, 0.15) is 0 Å². The quantitative estimate of drug-likeness (QED) is 0.621. The van der Waals surface area contributed by atoms with Gasteiger partial charge >= 0.3 is 39.5 Å². The Morgan fingerprint density at radius 2 is 1.20 bits per heavy atom. The fourth-order valence-corrected chi connectivity index (χ4v) is 0.143. The molecule has 0 saturated heterocycles. The maximum atomic E-state index is 9.55. The molecule has 0 unspecified atom stereocenters. The number of carboxylic acids is 2. The van der Waals surface area contributed by atoms with Gasteiger partial charge in [0, 0.05) is 12.2 Å². The van der Waals surface area contributed by atoms with Crippen LogP contribution >= 0.6 is 0 Å². The summed E-state index contributed by atoms with van der Waals surface area (Å²) < 4.78 is 8.34. The summed E-state index contributed by atoms with van der Waals surface area (Å²) in [5, 5.41) is 15.6. The first-order chi connectivity index (χ1) is 4.63. The standard InChI is InChI=1S/C4H4O4.O.Zr/c5-3(6)1-2-4(7)8;;/h1-2H,(H,5,6)(H,7,8);;/b2-1+;;. The third-order valence-corrected chi connectivity index (χ3v) is 0.368. The molecular weight excluding hydrogens is 219 g/mol. The fourth-order valence-electron chi connectivity index (χ4n) is 0.143. The van der Waals surface area contributed by atoms with Crippen LogP contribution in [0, 0.1) is 0 Å². The molecule has 10 heavy (non-hydrogen) atoms. The van der Waals surface area contributed by atoms with Gasteiger partial charge in [-0.1, -0.05) is 0 Å². The first-order valence-electron chi connectivity index (χ1n) is 1.97. The van der Waals surface area contributed by atoms with Gasteiger partial charge in [-0.3, -0.25) is 0 Å². The predicted molar refractivity (Wildman–Crippen MR) is 25.1 cm³/mol. The molecule has 0 saturated carbocycles. The Labute approximate surface area is 71.6 Å². The van der Waals surface area contributed by atoms with Crippen molar-refractivity contribution in [3.63, 3.8) is 0 Å². The zero-order valence-corrected chi connectivity index (χ0v) is 7.23. The van der Waals surface area contributed by atoms with Gasteiger partial charge in [0.2, 0.25) is 0 Å². The van der Waals surface area contributed by atoms with Crippen molar-refractivity contribution in [3.05, 3.63) is 12.2 Å². The van der Waals surface area contributed by atoms with E-state index >= 15 is 0 Å². The summed E-state index contributed by atoms with van der Waals surface area (Å²) in [5.41, 5.74) is 0. The summed E-state index contributed by atoms with van der Waals surface area (Å²) in [5.74, 6) is -2.51. The third-order valence-electron chi connectivity index (χ3n) is 0.368. The second-order valence-corrected chi connectivity index (χ2v) is 1.01. The molecule has 0 aromatic heterocycles. The Morgan fingerprint density at radius 3 is 1.30 bits per heavy atom. The molecule has 0 aliphatic heterocycles. The molecule has 0 amide bonds. The number of carbonyl (C=O) groups is 2. The summed E-state index contributed by atoms with van der Waals surface area (Å²) in [4.78, 5) is 19.1. The molecule has 0 rings (SSSR count). The van der Waals surface area contributed by atoms with Crippen molar-refractivity contribution in [2.45, 2.75) is 0 Å². The molecule has 54 valence electrons. The Kier molecular flexibility index (Phi) is 10.1. The SMILES string of the molecule is O=C(O)/C=C/C(=O)O.[O]=[Zr]. The van der Waals surface area contributed by atoms with Crippen molar-refractivity contribution in [1.29, 1.82) is 0 Å². The summed E-state index contributed by atoms with van der Waals surface area (Å²) >= 11 is 0.300. The first kappa shape index (κ1) is 12.1. The second kappa shape index (κ2) is 8.36. The number of hydrogen-bond acceptors (Lipinski definition) is 3. The van der Waals surface area contributed by atoms with Crippen molar-refractivity contribution >= 4 is 11.9 Å². The van der Waals surface area contributed by atoms with Gasteiger partial charge in [-0.15, -0.1) is 0 Å². The van der Waals surface area contributed by atoms with Crippen LogP contribution in [0.4, 0.5) is 0 Å². The van der Waals surface area contributed by atoms with E-state index in [0.717, 1.165) is 0 Å². The van der Waals surface area contributed by atoms with Crippen LogP contribution in [0.25, 0.3) is 0 Å². The van der Waals surface area contributed by atoms with Crippen molar-refractivity contribution in [1.82, 2.24) is 0 Å². The molecule has 2 N–H and O–H groups in total. The molecule has 0 fully saturated rings. The van der Waals surface area contributed by atoms with Crippen molar-refractivity contribution in [2.75, 3.05) is 0 Å². The molecule has 0 atom stereocenters. The summed E-state index contributed by atoms with van der Waals surface area (Å²) in [7, 11) is 0. The van der Waals surface area contributed by atoms with Crippen LogP contribution in [0.2, 0.25) is 0 Å². The van der Waals surface area contributed by atoms with Gasteiger partial charge in [-0.2, -0.15) is 0 Å². The Morgan fingerprint density at radius 1 is 1.00 bits per heavy atom. The van der Waals surface area contributed by atoms with Gasteiger partial charge < -0.3 is 10.2 Å². The number of rotatable bonds is 2. The van der Waals surface area contributed by atoms with E-state index in [4.69, 9.17) is 13.0 Å². The average Bonchev–Trinajstić information content (AvgIpc) is 1.89. The number of carboxylic acid groups (broad SMARTS) is 2. The molecular formula is C4H4O5Zr. The van der Waals surface area contributed by atoms with Crippen LogP contribution < -0.4 is 0 Å². The summed E-state index contributed by atoms with van der Waals surface area (Å²) in [6.45, 7) is 0. The van der Waals surface area contributed by atoms with Crippen molar-refractivity contribution in [3.8, 4) is 0 Å². The van der Waals surface area contributed by atoms with Crippen molar-refractivity contribution < 1.29 is 47.3 Å². The average molecular weight is 223 g/mol. The van der Waals surface area contributed by atoms with Gasteiger partial charge in [0.05, 0.1) is 0 Å². The van der Waals surface area contributed by atoms with Crippen LogP contribution in [-0.2, 0) is 37.1 Å². The van der Waals surface area contributed by atoms with Crippen molar-refractivity contribution in [2.24, 2.45) is 0 Å². The van der Waals surface area contributed by atoms with Crippen LogP contribution in [0.5, 0.6) is 0 Å². The molecule has 0 aromatic rings. The van der Waals surface area contributed by atoms with E-state index in [9.17, 15) is 9.59 Å². The van der Waals surface area contributed by atoms with Crippen LogP contribution in [-0.4, -0.2) is 22.2 Å². The zero-order chi connectivity index (χ0) is 8.57. The molecule has 0 spiro atoms. The van der Waals surface area contributed by atoms with Gasteiger partial charge in [-0.25, -0.2) is 9.59 Å². The molecule has 0 heterocycles. The van der Waals surface area contributed by atoms with E-state index in [1.165, 1.54) is 0 Å². The molecule has 0 bridgehead atoms. The molecule has 0 radical (unpaired) electrons. The van der Waals surface area contributed by atoms with E-state index in [1.807, 2.05) is 0 Å². The number of hydrogen-bond donors (Lipinski definition) is 2. The van der Waals surface area contributed by atoms with E-state index < -0.39 is 11.9 Å². The van der Waals surface area contributed by atoms with E-state index in [-0.39, 0.29) is 0 Å². The number of aliphatic carboxylic acids is 2. The molecule has 5 nitrogen and oxygen atoms in total. The summed E-state index contributed by atoms with van der Waals surface area (Å²) in [6, 6.07) is 0. The van der Waals surface area contributed by atoms with Gasteiger partial charge in [0.15, 0.2) is 0 Å². The Bertz CT molecular complexity index is 136. The van der Waals surface area contributed by atoms with E-state index in [2.05, 4.69) is 0 Å². The minimum absolute atomic E-state index is 0.300. The van der Waals surface area contributed by atoms with Gasteiger partial charge in [0.1, 0.15) is 0 Å². The monoisotopic (exact) mass is 222 g/mol. The Hall–Kier alpha value is -0.637. The van der Waals surface area contributed by atoms with E-state index in [1.54, 1.807) is 0 Å². The Balaban J connectivity index is 0. The molecule has 0 aromatic carbocycles. The normalized spacial score (nSPS) is 7.90. The minimum atomic E-state index is -1.26. The maximum absolute atomic E-state index is 9.55. The predicted octanol–water partition coefficient (Wildman–Crippen LogP) is -0.409. The van der Waals surface area contributed by atoms with Crippen LogP contribution in [0.15, 0.2) is 12.2 Å².